The summed E-state index contributed by atoms with van der Waals surface area (Å²) in [5.41, 5.74) is 0.902. The highest BCUT2D eigenvalue weighted by atomic mass is 32.1. The van der Waals surface area contributed by atoms with Crippen LogP contribution in [0.1, 0.15) is 29.5 Å². The number of hydrogen-bond donors (Lipinski definition) is 0. The van der Waals surface area contributed by atoms with E-state index in [9.17, 15) is 9.59 Å². The first-order valence-electron chi connectivity index (χ1n) is 7.49. The van der Waals surface area contributed by atoms with E-state index < -0.39 is 0 Å². The van der Waals surface area contributed by atoms with E-state index >= 15 is 0 Å². The van der Waals surface area contributed by atoms with Gasteiger partial charge in [-0.25, -0.2) is 4.98 Å². The van der Waals surface area contributed by atoms with Crippen molar-refractivity contribution in [2.45, 2.75) is 32.2 Å². The van der Waals surface area contributed by atoms with Crippen molar-refractivity contribution in [3.63, 3.8) is 0 Å². The Morgan fingerprint density at radius 2 is 2.32 bits per heavy atom. The topological polar surface area (TPSA) is 55.2 Å². The van der Waals surface area contributed by atoms with Gasteiger partial charge in [0.25, 0.3) is 5.56 Å². The molecule has 1 aliphatic heterocycles. The predicted octanol–water partition coefficient (Wildman–Crippen LogP) is 2.02. The molecule has 0 aliphatic carbocycles. The number of aryl methyl sites for hydroxylation is 1. The molecule has 0 radical (unpaired) electrons. The van der Waals surface area contributed by atoms with Gasteiger partial charge in [0.1, 0.15) is 6.54 Å². The van der Waals surface area contributed by atoms with Crippen LogP contribution >= 0.6 is 11.3 Å². The molecule has 116 valence electrons. The molecule has 0 bridgehead atoms. The molecule has 1 saturated heterocycles. The summed E-state index contributed by atoms with van der Waals surface area (Å²) in [7, 11) is 0. The molecule has 0 saturated carbocycles. The number of rotatable bonds is 3. The van der Waals surface area contributed by atoms with Gasteiger partial charge in [-0.05, 0) is 25.8 Å². The van der Waals surface area contributed by atoms with E-state index in [1.807, 2.05) is 11.8 Å². The van der Waals surface area contributed by atoms with E-state index in [1.54, 1.807) is 29.7 Å². The molecule has 1 atom stereocenters. The second kappa shape index (κ2) is 6.44. The molecule has 6 heteroatoms. The highest BCUT2D eigenvalue weighted by Gasteiger charge is 2.26. The highest BCUT2D eigenvalue weighted by molar-refractivity contribution is 7.09. The number of amides is 1. The number of pyridine rings is 1. The molecule has 2 aromatic heterocycles. The molecule has 1 amide bonds. The summed E-state index contributed by atoms with van der Waals surface area (Å²) in [5.74, 6) is 0.329. The van der Waals surface area contributed by atoms with Crippen molar-refractivity contribution >= 4 is 17.2 Å². The standard InChI is InChI=1S/C16H19N3O2S/c1-12-11-22-16(17-12)13-5-4-8-18(9-13)15(21)10-19-7-3-2-6-14(19)20/h2-3,6-7,11,13H,4-5,8-10H2,1H3/t13-/m1/s1. The number of aromatic nitrogens is 2. The molecule has 0 N–H and O–H groups in total. The van der Waals surface area contributed by atoms with E-state index in [4.69, 9.17) is 0 Å². The quantitative estimate of drug-likeness (QED) is 0.870. The van der Waals surface area contributed by atoms with Gasteiger partial charge in [0, 0.05) is 42.3 Å². The normalized spacial score (nSPS) is 18.4. The maximum atomic E-state index is 12.5. The summed E-state index contributed by atoms with van der Waals surface area (Å²) in [6.45, 7) is 3.57. The van der Waals surface area contributed by atoms with Crippen LogP contribution in [-0.2, 0) is 11.3 Å². The first-order valence-corrected chi connectivity index (χ1v) is 8.37. The van der Waals surface area contributed by atoms with Gasteiger partial charge >= 0.3 is 0 Å². The van der Waals surface area contributed by atoms with Crippen LogP contribution in [0.15, 0.2) is 34.6 Å². The average Bonchev–Trinajstić information content (AvgIpc) is 2.96. The van der Waals surface area contributed by atoms with Gasteiger partial charge in [0.05, 0.1) is 5.01 Å². The molecule has 0 unspecified atom stereocenters. The smallest absolute Gasteiger partial charge is 0.250 e. The fourth-order valence-corrected chi connectivity index (χ4v) is 3.73. The number of likely N-dealkylation sites (tertiary alicyclic amines) is 1. The van der Waals surface area contributed by atoms with Crippen LogP contribution in [0.25, 0.3) is 0 Å². The first kappa shape index (κ1) is 15.0. The number of thiazole rings is 1. The zero-order valence-electron chi connectivity index (χ0n) is 12.6. The third-order valence-corrected chi connectivity index (χ3v) is 5.09. The maximum Gasteiger partial charge on any atom is 0.250 e. The second-order valence-corrected chi connectivity index (χ2v) is 6.56. The number of piperidine rings is 1. The van der Waals surface area contributed by atoms with Crippen LogP contribution in [-0.4, -0.2) is 33.4 Å². The Kier molecular flexibility index (Phi) is 4.38. The number of nitrogens with zero attached hydrogens (tertiary/aromatic N) is 3. The van der Waals surface area contributed by atoms with E-state index in [2.05, 4.69) is 10.4 Å². The minimum absolute atomic E-state index is 0.00581. The lowest BCUT2D eigenvalue weighted by molar-refractivity contribution is -0.133. The summed E-state index contributed by atoms with van der Waals surface area (Å²) in [6, 6.07) is 4.93. The van der Waals surface area contributed by atoms with Gasteiger partial charge in [-0.1, -0.05) is 6.07 Å². The second-order valence-electron chi connectivity index (χ2n) is 5.67. The predicted molar refractivity (Wildman–Crippen MR) is 86.1 cm³/mol. The molecule has 1 fully saturated rings. The fraction of sp³-hybridized carbons (Fsp3) is 0.438. The molecular formula is C16H19N3O2S. The minimum Gasteiger partial charge on any atom is -0.340 e. The number of carbonyl (C=O) groups excluding carboxylic acids is 1. The Balaban J connectivity index is 1.68. The van der Waals surface area contributed by atoms with E-state index in [1.165, 1.54) is 10.6 Å². The molecule has 0 aromatic carbocycles. The van der Waals surface area contributed by atoms with Crippen LogP contribution < -0.4 is 5.56 Å². The summed E-state index contributed by atoms with van der Waals surface area (Å²) >= 11 is 1.67. The SMILES string of the molecule is Cc1csc([C@@H]2CCCN(C(=O)Cn3ccccc3=O)C2)n1. The lowest BCUT2D eigenvalue weighted by Crippen LogP contribution is -2.42. The van der Waals surface area contributed by atoms with E-state index in [0.29, 0.717) is 12.5 Å². The minimum atomic E-state index is -0.139. The van der Waals surface area contributed by atoms with Crippen molar-refractivity contribution in [3.8, 4) is 0 Å². The third-order valence-electron chi connectivity index (χ3n) is 3.96. The highest BCUT2D eigenvalue weighted by Crippen LogP contribution is 2.29. The first-order chi connectivity index (χ1) is 10.6. The van der Waals surface area contributed by atoms with Crippen molar-refractivity contribution in [1.82, 2.24) is 14.5 Å². The molecule has 3 rings (SSSR count). The lowest BCUT2D eigenvalue weighted by Gasteiger charge is -2.32. The zero-order chi connectivity index (χ0) is 15.5. The van der Waals surface area contributed by atoms with Crippen molar-refractivity contribution in [3.05, 3.63) is 50.8 Å². The molecular weight excluding hydrogens is 298 g/mol. The van der Waals surface area contributed by atoms with Crippen LogP contribution in [0, 0.1) is 6.92 Å². The van der Waals surface area contributed by atoms with E-state index in [-0.39, 0.29) is 18.0 Å². The van der Waals surface area contributed by atoms with Crippen LogP contribution in [0.5, 0.6) is 0 Å². The Morgan fingerprint density at radius 3 is 3.05 bits per heavy atom. The summed E-state index contributed by atoms with van der Waals surface area (Å²) in [5, 5.41) is 3.17. The zero-order valence-corrected chi connectivity index (χ0v) is 13.4. The van der Waals surface area contributed by atoms with Crippen LogP contribution in [0.4, 0.5) is 0 Å². The van der Waals surface area contributed by atoms with Gasteiger partial charge in [-0.15, -0.1) is 11.3 Å². The van der Waals surface area contributed by atoms with Gasteiger partial charge in [0.2, 0.25) is 5.91 Å². The van der Waals surface area contributed by atoms with Crippen molar-refractivity contribution in [2.24, 2.45) is 0 Å². The monoisotopic (exact) mass is 317 g/mol. The Hall–Kier alpha value is -1.95. The van der Waals surface area contributed by atoms with Gasteiger partial charge in [0.15, 0.2) is 0 Å². The fourth-order valence-electron chi connectivity index (χ4n) is 2.80. The van der Waals surface area contributed by atoms with Crippen molar-refractivity contribution < 1.29 is 4.79 Å². The Bertz CT molecular complexity index is 722. The van der Waals surface area contributed by atoms with Gasteiger partial charge < -0.3 is 9.47 Å². The van der Waals surface area contributed by atoms with Crippen molar-refractivity contribution in [1.29, 1.82) is 0 Å². The largest absolute Gasteiger partial charge is 0.340 e. The van der Waals surface area contributed by atoms with Crippen LogP contribution in [0.3, 0.4) is 0 Å². The summed E-state index contributed by atoms with van der Waals surface area (Å²) in [6.07, 6.45) is 3.71. The number of hydrogen-bond acceptors (Lipinski definition) is 4. The molecule has 1 aliphatic rings. The molecule has 3 heterocycles. The molecule has 0 spiro atoms. The van der Waals surface area contributed by atoms with Crippen LogP contribution in [0.2, 0.25) is 0 Å². The lowest BCUT2D eigenvalue weighted by atomic mass is 9.98. The molecule has 5 nitrogen and oxygen atoms in total. The summed E-state index contributed by atoms with van der Waals surface area (Å²) in [4.78, 5) is 30.6. The van der Waals surface area contributed by atoms with Gasteiger partial charge in [-0.2, -0.15) is 0 Å². The van der Waals surface area contributed by atoms with E-state index in [0.717, 1.165) is 30.1 Å². The van der Waals surface area contributed by atoms with Crippen molar-refractivity contribution in [2.75, 3.05) is 13.1 Å². The third kappa shape index (κ3) is 3.27. The average molecular weight is 317 g/mol. The maximum absolute atomic E-state index is 12.5. The summed E-state index contributed by atoms with van der Waals surface area (Å²) < 4.78 is 1.46. The Labute approximate surface area is 133 Å². The number of carbonyl (C=O) groups is 1. The van der Waals surface area contributed by atoms with Gasteiger partial charge in [-0.3, -0.25) is 9.59 Å². The Morgan fingerprint density at radius 1 is 1.45 bits per heavy atom. The molecule has 2 aromatic rings. The molecule has 22 heavy (non-hydrogen) atoms.